The highest BCUT2D eigenvalue weighted by Gasteiger charge is 2.38. The first-order valence-corrected chi connectivity index (χ1v) is 6.00. The summed E-state index contributed by atoms with van der Waals surface area (Å²) < 4.78 is 9.88. The van der Waals surface area contributed by atoms with Crippen LogP contribution in [-0.2, 0) is 14.3 Å². The van der Waals surface area contributed by atoms with Crippen molar-refractivity contribution in [1.29, 1.82) is 0 Å². The van der Waals surface area contributed by atoms with E-state index in [1.54, 1.807) is 20.8 Å². The average molecular weight is 259 g/mol. The molecule has 0 aliphatic carbocycles. The molecule has 6 nitrogen and oxygen atoms in total. The first-order valence-electron chi connectivity index (χ1n) is 6.00. The van der Waals surface area contributed by atoms with Gasteiger partial charge in [-0.3, -0.25) is 4.90 Å². The summed E-state index contributed by atoms with van der Waals surface area (Å²) in [7, 11) is 1.26. The van der Waals surface area contributed by atoms with Crippen LogP contribution < -0.4 is 0 Å². The van der Waals surface area contributed by atoms with Crippen molar-refractivity contribution < 1.29 is 24.2 Å². The summed E-state index contributed by atoms with van der Waals surface area (Å²) in [4.78, 5) is 24.9. The molecule has 1 amide bonds. The van der Waals surface area contributed by atoms with E-state index in [1.165, 1.54) is 12.0 Å². The van der Waals surface area contributed by atoms with E-state index in [0.29, 0.717) is 6.42 Å². The highest BCUT2D eigenvalue weighted by atomic mass is 16.6. The van der Waals surface area contributed by atoms with E-state index in [0.717, 1.165) is 0 Å². The Morgan fingerprint density at radius 3 is 2.44 bits per heavy atom. The molecular weight excluding hydrogens is 238 g/mol. The summed E-state index contributed by atoms with van der Waals surface area (Å²) in [5, 5.41) is 9.57. The number of amides is 1. The van der Waals surface area contributed by atoms with Gasteiger partial charge in [-0.25, -0.2) is 9.59 Å². The van der Waals surface area contributed by atoms with Crippen molar-refractivity contribution in [2.24, 2.45) is 0 Å². The topological polar surface area (TPSA) is 76.1 Å². The van der Waals surface area contributed by atoms with E-state index >= 15 is 0 Å². The van der Waals surface area contributed by atoms with Gasteiger partial charge in [0.25, 0.3) is 0 Å². The zero-order chi connectivity index (χ0) is 13.9. The SMILES string of the molecule is COC(=O)[C@@H]1C[C@H](O)CCN1C(=O)OC(C)(C)C. The predicted octanol–water partition coefficient (Wildman–Crippen LogP) is 0.920. The minimum Gasteiger partial charge on any atom is -0.467 e. The summed E-state index contributed by atoms with van der Waals surface area (Å²) >= 11 is 0. The summed E-state index contributed by atoms with van der Waals surface area (Å²) in [5.74, 6) is -0.528. The molecular formula is C12H21NO5. The lowest BCUT2D eigenvalue weighted by Crippen LogP contribution is -2.53. The van der Waals surface area contributed by atoms with E-state index < -0.39 is 29.8 Å². The molecule has 1 fully saturated rings. The number of hydrogen-bond donors (Lipinski definition) is 1. The molecule has 1 rings (SSSR count). The van der Waals surface area contributed by atoms with Gasteiger partial charge in [-0.05, 0) is 27.2 Å². The molecule has 0 saturated carbocycles. The largest absolute Gasteiger partial charge is 0.467 e. The Hall–Kier alpha value is -1.30. The molecule has 1 aliphatic rings. The maximum absolute atomic E-state index is 12.0. The van der Waals surface area contributed by atoms with Gasteiger partial charge < -0.3 is 14.6 Å². The molecule has 18 heavy (non-hydrogen) atoms. The van der Waals surface area contributed by atoms with E-state index in [2.05, 4.69) is 4.74 Å². The number of hydrogen-bond acceptors (Lipinski definition) is 5. The van der Waals surface area contributed by atoms with Gasteiger partial charge in [0.15, 0.2) is 0 Å². The maximum atomic E-state index is 12.0. The van der Waals surface area contributed by atoms with Crippen LogP contribution in [0.3, 0.4) is 0 Å². The molecule has 1 N–H and O–H groups in total. The van der Waals surface area contributed by atoms with Gasteiger partial charge in [0.2, 0.25) is 0 Å². The van der Waals surface area contributed by atoms with Gasteiger partial charge in [-0.1, -0.05) is 0 Å². The fourth-order valence-corrected chi connectivity index (χ4v) is 1.85. The van der Waals surface area contributed by atoms with Crippen LogP contribution in [0.25, 0.3) is 0 Å². The first kappa shape index (κ1) is 14.8. The number of rotatable bonds is 1. The number of aliphatic hydroxyl groups is 1. The van der Waals surface area contributed by atoms with Crippen LogP contribution in [0.4, 0.5) is 4.79 Å². The monoisotopic (exact) mass is 259 g/mol. The minimum atomic E-state index is -0.770. The zero-order valence-electron chi connectivity index (χ0n) is 11.3. The van der Waals surface area contributed by atoms with Gasteiger partial charge in [0, 0.05) is 13.0 Å². The van der Waals surface area contributed by atoms with Crippen LogP contribution in [-0.4, -0.2) is 53.5 Å². The second kappa shape index (κ2) is 5.56. The average Bonchev–Trinajstić information content (AvgIpc) is 2.25. The quantitative estimate of drug-likeness (QED) is 0.709. The van der Waals surface area contributed by atoms with Crippen molar-refractivity contribution in [1.82, 2.24) is 4.90 Å². The van der Waals surface area contributed by atoms with Crippen molar-refractivity contribution in [3.8, 4) is 0 Å². The summed E-state index contributed by atoms with van der Waals surface area (Å²) in [6.45, 7) is 5.57. The van der Waals surface area contributed by atoms with Crippen LogP contribution in [0.5, 0.6) is 0 Å². The molecule has 0 unspecified atom stereocenters. The molecule has 0 spiro atoms. The van der Waals surface area contributed by atoms with Crippen molar-refractivity contribution >= 4 is 12.1 Å². The molecule has 0 bridgehead atoms. The molecule has 1 saturated heterocycles. The summed E-state index contributed by atoms with van der Waals surface area (Å²) in [6.07, 6.45) is -0.517. The number of ether oxygens (including phenoxy) is 2. The van der Waals surface area contributed by atoms with Crippen molar-refractivity contribution in [3.63, 3.8) is 0 Å². The lowest BCUT2D eigenvalue weighted by Gasteiger charge is -2.36. The predicted molar refractivity (Wildman–Crippen MR) is 64.0 cm³/mol. The standard InChI is InChI=1S/C12H21NO5/c1-12(2,3)18-11(16)13-6-5-8(14)7-9(13)10(15)17-4/h8-9,14H,5-7H2,1-4H3/t8-,9+/m1/s1. The minimum absolute atomic E-state index is 0.186. The Morgan fingerprint density at radius 1 is 1.33 bits per heavy atom. The van der Waals surface area contributed by atoms with Gasteiger partial charge in [0.1, 0.15) is 11.6 Å². The van der Waals surface area contributed by atoms with E-state index in [-0.39, 0.29) is 13.0 Å². The van der Waals surface area contributed by atoms with E-state index in [9.17, 15) is 14.7 Å². The van der Waals surface area contributed by atoms with Gasteiger partial charge in [-0.15, -0.1) is 0 Å². The van der Waals surface area contributed by atoms with Crippen molar-refractivity contribution in [2.75, 3.05) is 13.7 Å². The molecule has 0 aromatic heterocycles. The third-order valence-corrected chi connectivity index (χ3v) is 2.68. The molecule has 1 aliphatic heterocycles. The highest BCUT2D eigenvalue weighted by Crippen LogP contribution is 2.21. The van der Waals surface area contributed by atoms with Crippen LogP contribution in [0.15, 0.2) is 0 Å². The summed E-state index contributed by atoms with van der Waals surface area (Å²) in [5.41, 5.74) is -0.617. The third kappa shape index (κ3) is 3.87. The number of esters is 1. The number of piperidine rings is 1. The van der Waals surface area contributed by atoms with Crippen LogP contribution >= 0.6 is 0 Å². The molecule has 0 aromatic rings. The zero-order valence-corrected chi connectivity index (χ0v) is 11.3. The second-order valence-electron chi connectivity index (χ2n) is 5.39. The Kier molecular flexibility index (Phi) is 4.56. The Balaban J connectivity index is 2.77. The number of nitrogens with zero attached hydrogens (tertiary/aromatic N) is 1. The fraction of sp³-hybridized carbons (Fsp3) is 0.833. The number of aliphatic hydroxyl groups excluding tert-OH is 1. The number of likely N-dealkylation sites (tertiary alicyclic amines) is 1. The molecule has 104 valence electrons. The fourth-order valence-electron chi connectivity index (χ4n) is 1.85. The number of carbonyl (C=O) groups is 2. The molecule has 0 radical (unpaired) electrons. The lowest BCUT2D eigenvalue weighted by atomic mass is 10.00. The Morgan fingerprint density at radius 2 is 1.94 bits per heavy atom. The van der Waals surface area contributed by atoms with Crippen LogP contribution in [0.1, 0.15) is 33.6 Å². The normalized spacial score (nSPS) is 24.6. The Bertz CT molecular complexity index is 323. The van der Waals surface area contributed by atoms with E-state index in [1.807, 2.05) is 0 Å². The number of methoxy groups -OCH3 is 1. The highest BCUT2D eigenvalue weighted by molar-refractivity contribution is 5.81. The second-order valence-corrected chi connectivity index (χ2v) is 5.39. The summed E-state index contributed by atoms with van der Waals surface area (Å²) in [6, 6.07) is -0.770. The van der Waals surface area contributed by atoms with Crippen LogP contribution in [0.2, 0.25) is 0 Å². The molecule has 6 heteroatoms. The van der Waals surface area contributed by atoms with Gasteiger partial charge in [0.05, 0.1) is 13.2 Å². The van der Waals surface area contributed by atoms with Gasteiger partial charge in [-0.2, -0.15) is 0 Å². The molecule has 2 atom stereocenters. The van der Waals surface area contributed by atoms with Crippen molar-refractivity contribution in [2.45, 2.75) is 51.4 Å². The molecule has 1 heterocycles. The third-order valence-electron chi connectivity index (χ3n) is 2.68. The lowest BCUT2D eigenvalue weighted by molar-refractivity contribution is -0.149. The van der Waals surface area contributed by atoms with E-state index in [4.69, 9.17) is 4.74 Å². The van der Waals surface area contributed by atoms with Gasteiger partial charge >= 0.3 is 12.1 Å². The first-order chi connectivity index (χ1) is 8.24. The van der Waals surface area contributed by atoms with Crippen molar-refractivity contribution in [3.05, 3.63) is 0 Å². The maximum Gasteiger partial charge on any atom is 0.411 e. The molecule has 0 aromatic carbocycles. The number of carbonyl (C=O) groups excluding carboxylic acids is 2. The smallest absolute Gasteiger partial charge is 0.411 e. The Labute approximate surface area is 107 Å². The van der Waals surface area contributed by atoms with Crippen LogP contribution in [0, 0.1) is 0 Å².